The SMILES string of the molecule is CCc1c(OC)c2ccc(OCC(O)C(C)(C)O)c(OC)c2[nH]c1=O. The van der Waals surface area contributed by atoms with E-state index in [9.17, 15) is 15.0 Å². The van der Waals surface area contributed by atoms with Gasteiger partial charge in [-0.2, -0.15) is 0 Å². The van der Waals surface area contributed by atoms with Gasteiger partial charge in [-0.3, -0.25) is 4.79 Å². The highest BCUT2D eigenvalue weighted by molar-refractivity contribution is 5.92. The van der Waals surface area contributed by atoms with Crippen molar-refractivity contribution in [1.29, 1.82) is 0 Å². The number of aliphatic hydroxyl groups excluding tert-OH is 1. The summed E-state index contributed by atoms with van der Waals surface area (Å²) in [4.78, 5) is 15.1. The Morgan fingerprint density at radius 3 is 2.36 bits per heavy atom. The summed E-state index contributed by atoms with van der Waals surface area (Å²) in [5, 5.41) is 20.4. The lowest BCUT2D eigenvalue weighted by Crippen LogP contribution is -2.40. The monoisotopic (exact) mass is 351 g/mol. The van der Waals surface area contributed by atoms with Crippen LogP contribution in [0.3, 0.4) is 0 Å². The van der Waals surface area contributed by atoms with Crippen LogP contribution in [0.25, 0.3) is 10.9 Å². The van der Waals surface area contributed by atoms with Gasteiger partial charge >= 0.3 is 0 Å². The lowest BCUT2D eigenvalue weighted by atomic mass is 10.0. The molecule has 0 spiro atoms. The van der Waals surface area contributed by atoms with Gasteiger partial charge in [0.25, 0.3) is 5.56 Å². The number of aromatic amines is 1. The van der Waals surface area contributed by atoms with Crippen LogP contribution in [0.4, 0.5) is 0 Å². The van der Waals surface area contributed by atoms with Crippen molar-refractivity contribution in [3.05, 3.63) is 28.0 Å². The largest absolute Gasteiger partial charge is 0.496 e. The summed E-state index contributed by atoms with van der Waals surface area (Å²) in [6, 6.07) is 3.44. The number of hydrogen-bond donors (Lipinski definition) is 3. The Morgan fingerprint density at radius 1 is 1.20 bits per heavy atom. The molecule has 0 fully saturated rings. The van der Waals surface area contributed by atoms with Gasteiger partial charge in [-0.15, -0.1) is 0 Å². The quantitative estimate of drug-likeness (QED) is 0.701. The summed E-state index contributed by atoms with van der Waals surface area (Å²) >= 11 is 0. The van der Waals surface area contributed by atoms with Crippen molar-refractivity contribution in [2.75, 3.05) is 20.8 Å². The van der Waals surface area contributed by atoms with Gasteiger partial charge in [0.05, 0.1) is 30.9 Å². The maximum Gasteiger partial charge on any atom is 0.255 e. The minimum Gasteiger partial charge on any atom is -0.496 e. The fourth-order valence-electron chi connectivity index (χ4n) is 2.57. The lowest BCUT2D eigenvalue weighted by Gasteiger charge is -2.25. The smallest absolute Gasteiger partial charge is 0.255 e. The number of ether oxygens (including phenoxy) is 3. The normalized spacial score (nSPS) is 12.9. The molecule has 25 heavy (non-hydrogen) atoms. The molecule has 1 unspecified atom stereocenters. The maximum absolute atomic E-state index is 12.3. The van der Waals surface area contributed by atoms with E-state index in [0.717, 1.165) is 0 Å². The van der Waals surface area contributed by atoms with Crippen molar-refractivity contribution in [2.24, 2.45) is 0 Å². The Bertz CT molecular complexity index is 806. The molecule has 0 bridgehead atoms. The molecule has 0 amide bonds. The Labute approximate surface area is 146 Å². The van der Waals surface area contributed by atoms with Crippen LogP contribution in [-0.2, 0) is 6.42 Å². The minimum atomic E-state index is -1.29. The van der Waals surface area contributed by atoms with Crippen LogP contribution in [0.2, 0.25) is 0 Å². The molecule has 1 atom stereocenters. The van der Waals surface area contributed by atoms with Crippen LogP contribution in [0.5, 0.6) is 17.2 Å². The Kier molecular flexibility index (Phi) is 5.59. The highest BCUT2D eigenvalue weighted by Crippen LogP contribution is 2.38. The van der Waals surface area contributed by atoms with Crippen LogP contribution < -0.4 is 19.8 Å². The van der Waals surface area contributed by atoms with Crippen LogP contribution in [0, 0.1) is 0 Å². The van der Waals surface area contributed by atoms with E-state index in [4.69, 9.17) is 14.2 Å². The zero-order valence-corrected chi connectivity index (χ0v) is 15.2. The predicted molar refractivity (Wildman–Crippen MR) is 94.9 cm³/mol. The molecule has 1 aromatic carbocycles. The molecule has 2 aromatic rings. The maximum atomic E-state index is 12.3. The number of aliphatic hydroxyl groups is 2. The second-order valence-electron chi connectivity index (χ2n) is 6.32. The van der Waals surface area contributed by atoms with Crippen molar-refractivity contribution in [3.63, 3.8) is 0 Å². The van der Waals surface area contributed by atoms with Crippen LogP contribution in [-0.4, -0.2) is 47.7 Å². The number of H-pyrrole nitrogens is 1. The molecule has 2 rings (SSSR count). The average Bonchev–Trinajstić information content (AvgIpc) is 2.56. The Morgan fingerprint density at radius 2 is 1.84 bits per heavy atom. The average molecular weight is 351 g/mol. The third kappa shape index (κ3) is 3.72. The fraction of sp³-hybridized carbons (Fsp3) is 0.500. The first-order chi connectivity index (χ1) is 11.7. The van der Waals surface area contributed by atoms with E-state index in [1.165, 1.54) is 28.1 Å². The summed E-state index contributed by atoms with van der Waals surface area (Å²) in [6.07, 6.45) is -0.545. The molecule has 1 aromatic heterocycles. The predicted octanol–water partition coefficient (Wildman–Crippen LogP) is 1.62. The van der Waals surface area contributed by atoms with Crippen LogP contribution in [0.15, 0.2) is 16.9 Å². The van der Waals surface area contributed by atoms with E-state index in [1.807, 2.05) is 6.92 Å². The van der Waals surface area contributed by atoms with Crippen molar-refractivity contribution < 1.29 is 24.4 Å². The summed E-state index contributed by atoms with van der Waals surface area (Å²) in [5.41, 5.74) is -0.531. The molecule has 138 valence electrons. The number of benzene rings is 1. The number of rotatable bonds is 7. The van der Waals surface area contributed by atoms with Crippen molar-refractivity contribution in [2.45, 2.75) is 38.9 Å². The second-order valence-corrected chi connectivity index (χ2v) is 6.32. The molecule has 0 aliphatic rings. The molecule has 0 radical (unpaired) electrons. The summed E-state index contributed by atoms with van der Waals surface area (Å²) < 4.78 is 16.4. The van der Waals surface area contributed by atoms with Gasteiger partial charge in [0.15, 0.2) is 11.5 Å². The van der Waals surface area contributed by atoms with E-state index < -0.39 is 11.7 Å². The molecule has 3 N–H and O–H groups in total. The molecule has 0 saturated heterocycles. The van der Waals surface area contributed by atoms with Gasteiger partial charge < -0.3 is 29.4 Å². The fourth-order valence-corrected chi connectivity index (χ4v) is 2.57. The molecule has 1 heterocycles. The molecule has 0 aliphatic heterocycles. The Balaban J connectivity index is 2.53. The van der Waals surface area contributed by atoms with E-state index >= 15 is 0 Å². The van der Waals surface area contributed by atoms with Gasteiger partial charge in [-0.25, -0.2) is 0 Å². The van der Waals surface area contributed by atoms with E-state index in [0.29, 0.717) is 40.1 Å². The first kappa shape index (κ1) is 19.1. The number of nitrogens with one attached hydrogen (secondary N) is 1. The summed E-state index contributed by atoms with van der Waals surface area (Å²) in [5.74, 6) is 1.18. The summed E-state index contributed by atoms with van der Waals surface area (Å²) in [7, 11) is 2.98. The van der Waals surface area contributed by atoms with Gasteiger partial charge in [-0.05, 0) is 32.4 Å². The molecular weight excluding hydrogens is 326 g/mol. The number of hydrogen-bond acceptors (Lipinski definition) is 6. The van der Waals surface area contributed by atoms with Crippen molar-refractivity contribution in [3.8, 4) is 17.2 Å². The number of methoxy groups -OCH3 is 2. The van der Waals surface area contributed by atoms with Gasteiger partial charge in [-0.1, -0.05) is 6.92 Å². The van der Waals surface area contributed by atoms with Gasteiger partial charge in [0.2, 0.25) is 0 Å². The molecule has 7 nitrogen and oxygen atoms in total. The van der Waals surface area contributed by atoms with Crippen molar-refractivity contribution in [1.82, 2.24) is 4.98 Å². The molecular formula is C18H25NO6. The zero-order valence-electron chi connectivity index (χ0n) is 15.2. The van der Waals surface area contributed by atoms with Gasteiger partial charge in [0.1, 0.15) is 18.5 Å². The minimum absolute atomic E-state index is 0.125. The second kappa shape index (κ2) is 7.33. The highest BCUT2D eigenvalue weighted by Gasteiger charge is 2.26. The van der Waals surface area contributed by atoms with E-state index in [1.54, 1.807) is 12.1 Å². The topological polar surface area (TPSA) is 101 Å². The van der Waals surface area contributed by atoms with Crippen LogP contribution in [0.1, 0.15) is 26.3 Å². The zero-order chi connectivity index (χ0) is 18.8. The third-order valence-corrected chi connectivity index (χ3v) is 4.13. The molecule has 0 saturated carbocycles. The number of fused-ring (bicyclic) bond motifs is 1. The van der Waals surface area contributed by atoms with E-state index in [-0.39, 0.29) is 12.2 Å². The summed E-state index contributed by atoms with van der Waals surface area (Å²) in [6.45, 7) is 4.74. The first-order valence-electron chi connectivity index (χ1n) is 8.07. The van der Waals surface area contributed by atoms with E-state index in [2.05, 4.69) is 4.98 Å². The van der Waals surface area contributed by atoms with Gasteiger partial charge in [0, 0.05) is 5.39 Å². The van der Waals surface area contributed by atoms with Crippen LogP contribution >= 0.6 is 0 Å². The third-order valence-electron chi connectivity index (χ3n) is 4.13. The van der Waals surface area contributed by atoms with Crippen molar-refractivity contribution >= 4 is 10.9 Å². The lowest BCUT2D eigenvalue weighted by molar-refractivity contribution is -0.0663. The Hall–Kier alpha value is -2.25. The highest BCUT2D eigenvalue weighted by atomic mass is 16.5. The standard InChI is InChI=1S/C18H25NO6/c1-6-10-15(23-4)11-7-8-12(25-9-13(20)18(2,3)22)16(24-5)14(11)19-17(10)21/h7-8,13,20,22H,6,9H2,1-5H3,(H,19,21). The number of pyridine rings is 1. The molecule has 0 aliphatic carbocycles. The first-order valence-corrected chi connectivity index (χ1v) is 8.07. The molecule has 7 heteroatoms. The number of aromatic nitrogens is 1.